The summed E-state index contributed by atoms with van der Waals surface area (Å²) in [5.41, 5.74) is 0.824. The van der Waals surface area contributed by atoms with Crippen LogP contribution in [0.3, 0.4) is 0 Å². The number of unbranched alkanes of at least 4 members (excludes halogenated alkanes) is 1. The SMILES string of the molecule is CCCCOCCCNC(=O)/C(C#N)=C\Nc1ccccc1Br. The molecule has 0 radical (unpaired) electrons. The van der Waals surface area contributed by atoms with E-state index >= 15 is 0 Å². The van der Waals surface area contributed by atoms with E-state index < -0.39 is 0 Å². The van der Waals surface area contributed by atoms with Crippen LogP contribution in [0.25, 0.3) is 0 Å². The number of anilines is 1. The molecule has 0 spiro atoms. The molecule has 0 bridgehead atoms. The Morgan fingerprint density at radius 3 is 2.78 bits per heavy atom. The average molecular weight is 380 g/mol. The molecule has 0 saturated carbocycles. The van der Waals surface area contributed by atoms with Crippen LogP contribution in [-0.2, 0) is 9.53 Å². The molecule has 0 fully saturated rings. The van der Waals surface area contributed by atoms with Gasteiger partial charge in [-0.25, -0.2) is 0 Å². The quantitative estimate of drug-likeness (QED) is 0.370. The van der Waals surface area contributed by atoms with Gasteiger partial charge in [0.05, 0.1) is 5.69 Å². The number of nitrogens with zero attached hydrogens (tertiary/aromatic N) is 1. The van der Waals surface area contributed by atoms with Gasteiger partial charge in [0.15, 0.2) is 0 Å². The maximum Gasteiger partial charge on any atom is 0.263 e. The molecule has 1 aromatic rings. The zero-order chi connectivity index (χ0) is 16.9. The predicted molar refractivity (Wildman–Crippen MR) is 94.8 cm³/mol. The van der Waals surface area contributed by atoms with Gasteiger partial charge < -0.3 is 15.4 Å². The lowest BCUT2D eigenvalue weighted by Crippen LogP contribution is -2.26. The molecule has 1 rings (SSSR count). The lowest BCUT2D eigenvalue weighted by Gasteiger charge is -2.07. The number of benzene rings is 1. The molecule has 5 nitrogen and oxygen atoms in total. The summed E-state index contributed by atoms with van der Waals surface area (Å²) in [6, 6.07) is 9.38. The Kier molecular flexibility index (Phi) is 9.76. The smallest absolute Gasteiger partial charge is 0.263 e. The van der Waals surface area contributed by atoms with Crippen molar-refractivity contribution in [2.75, 3.05) is 25.1 Å². The highest BCUT2D eigenvalue weighted by molar-refractivity contribution is 9.10. The van der Waals surface area contributed by atoms with E-state index in [9.17, 15) is 4.79 Å². The fraction of sp³-hybridized carbons (Fsp3) is 0.412. The molecule has 0 atom stereocenters. The van der Waals surface area contributed by atoms with Crippen LogP contribution in [-0.4, -0.2) is 25.7 Å². The molecule has 0 aliphatic heterocycles. The normalized spacial score (nSPS) is 10.9. The number of halogens is 1. The van der Waals surface area contributed by atoms with Crippen LogP contribution in [0.5, 0.6) is 0 Å². The Morgan fingerprint density at radius 2 is 2.09 bits per heavy atom. The highest BCUT2D eigenvalue weighted by Gasteiger charge is 2.08. The molecule has 0 aliphatic carbocycles. The van der Waals surface area contributed by atoms with Crippen molar-refractivity contribution < 1.29 is 9.53 Å². The van der Waals surface area contributed by atoms with Gasteiger partial charge in [0.1, 0.15) is 11.6 Å². The molecular weight excluding hydrogens is 358 g/mol. The lowest BCUT2D eigenvalue weighted by molar-refractivity contribution is -0.117. The summed E-state index contributed by atoms with van der Waals surface area (Å²) in [5, 5.41) is 14.8. The summed E-state index contributed by atoms with van der Waals surface area (Å²) in [5.74, 6) is -0.388. The van der Waals surface area contributed by atoms with Crippen molar-refractivity contribution in [1.29, 1.82) is 5.26 Å². The van der Waals surface area contributed by atoms with Gasteiger partial charge in [-0.2, -0.15) is 5.26 Å². The molecule has 1 aromatic carbocycles. The second kappa shape index (κ2) is 11.7. The zero-order valence-corrected chi connectivity index (χ0v) is 14.9. The van der Waals surface area contributed by atoms with Gasteiger partial charge in [0, 0.05) is 30.4 Å². The van der Waals surface area contributed by atoms with Crippen LogP contribution in [0.2, 0.25) is 0 Å². The molecule has 0 heterocycles. The Hall–Kier alpha value is -1.84. The third-order valence-electron chi connectivity index (χ3n) is 3.00. The van der Waals surface area contributed by atoms with Crippen molar-refractivity contribution in [3.63, 3.8) is 0 Å². The molecule has 124 valence electrons. The van der Waals surface area contributed by atoms with Gasteiger partial charge in [-0.05, 0) is 40.9 Å². The molecule has 0 aromatic heterocycles. The van der Waals surface area contributed by atoms with Crippen LogP contribution in [0.4, 0.5) is 5.69 Å². The number of hydrogen-bond acceptors (Lipinski definition) is 4. The summed E-state index contributed by atoms with van der Waals surface area (Å²) < 4.78 is 6.27. The van der Waals surface area contributed by atoms with E-state index in [0.717, 1.165) is 36.0 Å². The third kappa shape index (κ3) is 7.82. The van der Waals surface area contributed by atoms with Gasteiger partial charge in [-0.3, -0.25) is 4.79 Å². The van der Waals surface area contributed by atoms with E-state index in [1.54, 1.807) is 0 Å². The van der Waals surface area contributed by atoms with Crippen LogP contribution in [0.1, 0.15) is 26.2 Å². The van der Waals surface area contributed by atoms with Gasteiger partial charge in [-0.15, -0.1) is 0 Å². The van der Waals surface area contributed by atoms with E-state index in [2.05, 4.69) is 33.5 Å². The number of nitrogens with one attached hydrogen (secondary N) is 2. The summed E-state index contributed by atoms with van der Waals surface area (Å²) in [4.78, 5) is 11.9. The number of amides is 1. The van der Waals surface area contributed by atoms with Crippen LogP contribution >= 0.6 is 15.9 Å². The summed E-state index contributed by atoms with van der Waals surface area (Å²) in [6.45, 7) is 3.96. The van der Waals surface area contributed by atoms with E-state index in [0.29, 0.717) is 13.2 Å². The molecule has 0 saturated heterocycles. The van der Waals surface area contributed by atoms with Gasteiger partial charge in [-0.1, -0.05) is 25.5 Å². The van der Waals surface area contributed by atoms with Crippen molar-refractivity contribution in [1.82, 2.24) is 5.32 Å². The Labute approximate surface area is 145 Å². The van der Waals surface area contributed by atoms with Crippen molar-refractivity contribution in [3.05, 3.63) is 40.5 Å². The first kappa shape index (κ1) is 19.2. The summed E-state index contributed by atoms with van der Waals surface area (Å²) in [7, 11) is 0. The number of ether oxygens (including phenoxy) is 1. The number of hydrogen-bond donors (Lipinski definition) is 2. The number of para-hydroxylation sites is 1. The van der Waals surface area contributed by atoms with Gasteiger partial charge >= 0.3 is 0 Å². The molecule has 6 heteroatoms. The number of rotatable bonds is 10. The highest BCUT2D eigenvalue weighted by atomic mass is 79.9. The zero-order valence-electron chi connectivity index (χ0n) is 13.3. The highest BCUT2D eigenvalue weighted by Crippen LogP contribution is 2.21. The van der Waals surface area contributed by atoms with Crippen LogP contribution in [0.15, 0.2) is 40.5 Å². The van der Waals surface area contributed by atoms with Gasteiger partial charge in [0.2, 0.25) is 0 Å². The van der Waals surface area contributed by atoms with E-state index in [4.69, 9.17) is 10.00 Å². The number of nitriles is 1. The van der Waals surface area contributed by atoms with Crippen molar-refractivity contribution in [2.45, 2.75) is 26.2 Å². The third-order valence-corrected chi connectivity index (χ3v) is 3.70. The Morgan fingerprint density at radius 1 is 1.35 bits per heavy atom. The van der Waals surface area contributed by atoms with Crippen LogP contribution < -0.4 is 10.6 Å². The first-order valence-corrected chi connectivity index (χ1v) is 8.45. The van der Waals surface area contributed by atoms with Crippen molar-refractivity contribution >= 4 is 27.5 Å². The van der Waals surface area contributed by atoms with E-state index in [-0.39, 0.29) is 11.5 Å². The largest absolute Gasteiger partial charge is 0.381 e. The Bertz CT molecular complexity index is 567. The molecular formula is C17H22BrN3O2. The van der Waals surface area contributed by atoms with Crippen LogP contribution in [0, 0.1) is 11.3 Å². The minimum Gasteiger partial charge on any atom is -0.381 e. The molecule has 2 N–H and O–H groups in total. The van der Waals surface area contributed by atoms with Gasteiger partial charge in [0.25, 0.3) is 5.91 Å². The number of carbonyl (C=O) groups is 1. The minimum atomic E-state index is -0.388. The maximum absolute atomic E-state index is 11.9. The Balaban J connectivity index is 2.36. The second-order valence-electron chi connectivity index (χ2n) is 4.87. The number of carbonyl (C=O) groups excluding carboxylic acids is 1. The topological polar surface area (TPSA) is 74.1 Å². The standard InChI is InChI=1S/C17H22BrN3O2/c1-2-3-10-23-11-6-9-20-17(22)14(12-19)13-21-16-8-5-4-7-15(16)18/h4-5,7-8,13,21H,2-3,6,9-11H2,1H3,(H,20,22)/b14-13-. The maximum atomic E-state index is 11.9. The first-order valence-electron chi connectivity index (χ1n) is 7.66. The molecule has 1 amide bonds. The average Bonchev–Trinajstić information content (AvgIpc) is 2.56. The summed E-state index contributed by atoms with van der Waals surface area (Å²) >= 11 is 3.39. The first-order chi connectivity index (χ1) is 11.2. The molecule has 0 aliphatic rings. The monoisotopic (exact) mass is 379 g/mol. The summed E-state index contributed by atoms with van der Waals surface area (Å²) in [6.07, 6.45) is 4.30. The van der Waals surface area contributed by atoms with Crippen molar-refractivity contribution in [3.8, 4) is 6.07 Å². The molecule has 0 unspecified atom stereocenters. The van der Waals surface area contributed by atoms with E-state index in [1.165, 1.54) is 6.20 Å². The minimum absolute atomic E-state index is 0.0349. The molecule has 23 heavy (non-hydrogen) atoms. The van der Waals surface area contributed by atoms with E-state index in [1.807, 2.05) is 30.3 Å². The van der Waals surface area contributed by atoms with Crippen molar-refractivity contribution in [2.24, 2.45) is 0 Å². The lowest BCUT2D eigenvalue weighted by atomic mass is 10.2. The fourth-order valence-electron chi connectivity index (χ4n) is 1.70. The fourth-order valence-corrected chi connectivity index (χ4v) is 2.10. The second-order valence-corrected chi connectivity index (χ2v) is 5.72. The predicted octanol–water partition coefficient (Wildman–Crippen LogP) is 3.59.